The molecule has 1 aromatic heterocycles. The molecule has 2 atom stereocenters. The van der Waals surface area contributed by atoms with Crippen LogP contribution in [-0.4, -0.2) is 31.4 Å². The number of carboxylic acids is 1. The van der Waals surface area contributed by atoms with Gasteiger partial charge >= 0.3 is 5.97 Å². The van der Waals surface area contributed by atoms with Gasteiger partial charge in [-0.1, -0.05) is 25.5 Å². The van der Waals surface area contributed by atoms with Crippen molar-refractivity contribution in [1.82, 2.24) is 0 Å². The minimum Gasteiger partial charge on any atom is -0.491 e. The maximum Gasteiger partial charge on any atom is 0.335 e. The Morgan fingerprint density at radius 1 is 1.13 bits per heavy atom. The Hall–Kier alpha value is -3.12. The average Bonchev–Trinajstić information content (AvgIpc) is 3.57. The molecular weight excluding hydrogens is 396 g/mol. The number of ether oxygens (including phenoxy) is 2. The minimum absolute atomic E-state index is 0.0899. The van der Waals surface area contributed by atoms with Gasteiger partial charge in [0.2, 0.25) is 0 Å². The van der Waals surface area contributed by atoms with Crippen molar-refractivity contribution in [2.75, 3.05) is 20.3 Å². The van der Waals surface area contributed by atoms with Crippen molar-refractivity contribution < 1.29 is 23.8 Å². The van der Waals surface area contributed by atoms with Crippen LogP contribution in [0.4, 0.5) is 0 Å². The number of hydrogen-bond acceptors (Lipinski definition) is 5. The van der Waals surface area contributed by atoms with Crippen molar-refractivity contribution in [2.24, 2.45) is 0 Å². The van der Waals surface area contributed by atoms with Gasteiger partial charge in [-0.05, 0) is 54.7 Å². The second-order valence-electron chi connectivity index (χ2n) is 7.90. The number of fused-ring (bicyclic) bond motifs is 1. The molecule has 0 spiro atoms. The van der Waals surface area contributed by atoms with Gasteiger partial charge in [0.1, 0.15) is 23.7 Å². The van der Waals surface area contributed by atoms with Crippen LogP contribution in [0.1, 0.15) is 58.8 Å². The highest BCUT2D eigenvalue weighted by molar-refractivity contribution is 5.92. The van der Waals surface area contributed by atoms with Crippen molar-refractivity contribution in [3.8, 4) is 5.75 Å². The highest BCUT2D eigenvalue weighted by Crippen LogP contribution is 2.55. The molecule has 0 saturated heterocycles. The molecule has 6 nitrogen and oxygen atoms in total. The highest BCUT2D eigenvalue weighted by atomic mass is 16.5. The summed E-state index contributed by atoms with van der Waals surface area (Å²) < 4.78 is 16.8. The Labute approximate surface area is 180 Å². The molecule has 1 aliphatic rings. The summed E-state index contributed by atoms with van der Waals surface area (Å²) in [7, 11) is 1.64. The van der Waals surface area contributed by atoms with E-state index in [2.05, 4.69) is 12.1 Å². The second kappa shape index (κ2) is 8.94. The van der Waals surface area contributed by atoms with Crippen molar-refractivity contribution in [1.29, 1.82) is 0 Å². The first kappa shape index (κ1) is 21.1. The molecule has 0 radical (unpaired) electrons. The number of aromatic carboxylic acids is 1. The van der Waals surface area contributed by atoms with Crippen molar-refractivity contribution in [2.45, 2.75) is 38.0 Å². The van der Waals surface area contributed by atoms with Gasteiger partial charge in [-0.3, -0.25) is 4.79 Å². The molecule has 2 unspecified atom stereocenters. The summed E-state index contributed by atoms with van der Waals surface area (Å²) in [6, 6.07) is 12.5. The van der Waals surface area contributed by atoms with E-state index in [-0.39, 0.29) is 16.9 Å². The first-order valence-electron chi connectivity index (χ1n) is 10.6. The molecule has 0 aliphatic heterocycles. The first-order valence-corrected chi connectivity index (χ1v) is 10.6. The van der Waals surface area contributed by atoms with Crippen molar-refractivity contribution in [3.05, 3.63) is 75.1 Å². The van der Waals surface area contributed by atoms with E-state index in [4.69, 9.17) is 13.9 Å². The van der Waals surface area contributed by atoms with E-state index < -0.39 is 5.97 Å². The molecule has 1 aliphatic carbocycles. The van der Waals surface area contributed by atoms with Crippen LogP contribution in [-0.2, 0) is 11.2 Å². The summed E-state index contributed by atoms with van der Waals surface area (Å²) in [5.74, 6) is 0.934. The number of carboxylic acid groups (broad SMARTS) is 1. The maximum atomic E-state index is 13.2. The van der Waals surface area contributed by atoms with Gasteiger partial charge in [0.05, 0.1) is 17.6 Å². The Morgan fingerprint density at radius 3 is 2.58 bits per heavy atom. The normalized spacial score (nSPS) is 17.6. The first-order chi connectivity index (χ1) is 15.0. The smallest absolute Gasteiger partial charge is 0.335 e. The second-order valence-corrected chi connectivity index (χ2v) is 7.90. The third kappa shape index (κ3) is 4.35. The Balaban J connectivity index is 1.62. The summed E-state index contributed by atoms with van der Waals surface area (Å²) in [5.41, 5.74) is 2.28. The quantitative estimate of drug-likeness (QED) is 0.501. The minimum atomic E-state index is -1.06. The zero-order valence-electron chi connectivity index (χ0n) is 17.7. The third-order valence-electron chi connectivity index (χ3n) is 5.75. The summed E-state index contributed by atoms with van der Waals surface area (Å²) in [6.07, 6.45) is 2.34. The molecule has 1 N–H and O–H groups in total. The molecule has 2 aromatic carbocycles. The molecule has 1 fully saturated rings. The fourth-order valence-corrected chi connectivity index (χ4v) is 4.08. The van der Waals surface area contributed by atoms with Gasteiger partial charge in [0.15, 0.2) is 5.43 Å². The predicted molar refractivity (Wildman–Crippen MR) is 117 cm³/mol. The third-order valence-corrected chi connectivity index (χ3v) is 5.75. The number of methoxy groups -OCH3 is 1. The molecule has 4 rings (SSSR count). The lowest BCUT2D eigenvalue weighted by atomic mass is 10.0. The maximum absolute atomic E-state index is 13.2. The predicted octanol–water partition coefficient (Wildman–Crippen LogP) is 4.74. The Bertz CT molecular complexity index is 1150. The number of benzene rings is 2. The van der Waals surface area contributed by atoms with Gasteiger partial charge in [0, 0.05) is 18.6 Å². The largest absolute Gasteiger partial charge is 0.491 e. The van der Waals surface area contributed by atoms with E-state index in [0.717, 1.165) is 24.4 Å². The number of hydrogen-bond donors (Lipinski definition) is 1. The standard InChI is InChI=1S/C25H26O6/c1-3-4-18-23(26)21-13-16(25(27)28)7-10-22(21)31-24(18)20-14-19(20)15-5-8-17(9-6-15)30-12-11-29-2/h5-10,13,19-20H,3-4,11-12,14H2,1-2H3,(H,27,28). The highest BCUT2D eigenvalue weighted by Gasteiger charge is 2.43. The van der Waals surface area contributed by atoms with E-state index in [1.54, 1.807) is 13.2 Å². The SMILES string of the molecule is CCCc1c(C2CC2c2ccc(OCCOC)cc2)oc2ccc(C(=O)O)cc2c1=O. The van der Waals surface area contributed by atoms with E-state index in [1.807, 2.05) is 19.1 Å². The molecule has 0 bridgehead atoms. The van der Waals surface area contributed by atoms with Crippen LogP contribution in [0.2, 0.25) is 0 Å². The number of rotatable bonds is 9. The molecule has 3 aromatic rings. The lowest BCUT2D eigenvalue weighted by molar-refractivity contribution is 0.0697. The lowest BCUT2D eigenvalue weighted by Crippen LogP contribution is -2.13. The van der Waals surface area contributed by atoms with E-state index >= 15 is 0 Å². The zero-order valence-corrected chi connectivity index (χ0v) is 17.7. The average molecular weight is 422 g/mol. The fourth-order valence-electron chi connectivity index (χ4n) is 4.08. The topological polar surface area (TPSA) is 86.0 Å². The summed E-state index contributed by atoms with van der Waals surface area (Å²) in [4.78, 5) is 24.5. The Morgan fingerprint density at radius 2 is 1.90 bits per heavy atom. The van der Waals surface area contributed by atoms with Crippen LogP contribution in [0.5, 0.6) is 5.75 Å². The van der Waals surface area contributed by atoms with E-state index in [1.165, 1.54) is 17.7 Å². The van der Waals surface area contributed by atoms with Crippen LogP contribution >= 0.6 is 0 Å². The Kier molecular flexibility index (Phi) is 6.09. The molecule has 31 heavy (non-hydrogen) atoms. The molecular formula is C25H26O6. The monoisotopic (exact) mass is 422 g/mol. The molecule has 6 heteroatoms. The van der Waals surface area contributed by atoms with Crippen molar-refractivity contribution >= 4 is 16.9 Å². The zero-order chi connectivity index (χ0) is 22.0. The van der Waals surface area contributed by atoms with Gasteiger partial charge in [-0.2, -0.15) is 0 Å². The van der Waals surface area contributed by atoms with E-state index in [0.29, 0.717) is 42.1 Å². The van der Waals surface area contributed by atoms with Gasteiger partial charge in [-0.15, -0.1) is 0 Å². The van der Waals surface area contributed by atoms with Crippen LogP contribution < -0.4 is 10.2 Å². The van der Waals surface area contributed by atoms with Gasteiger partial charge in [0.25, 0.3) is 0 Å². The fraction of sp³-hybridized carbons (Fsp3) is 0.360. The summed E-state index contributed by atoms with van der Waals surface area (Å²) in [5, 5.41) is 9.59. The molecule has 1 saturated carbocycles. The van der Waals surface area contributed by atoms with Gasteiger partial charge in [-0.25, -0.2) is 4.79 Å². The van der Waals surface area contributed by atoms with Crippen LogP contribution in [0, 0.1) is 0 Å². The molecule has 162 valence electrons. The molecule has 0 amide bonds. The van der Waals surface area contributed by atoms with Crippen molar-refractivity contribution in [3.63, 3.8) is 0 Å². The van der Waals surface area contributed by atoms with Crippen LogP contribution in [0.15, 0.2) is 51.7 Å². The summed E-state index contributed by atoms with van der Waals surface area (Å²) >= 11 is 0. The lowest BCUT2D eigenvalue weighted by Gasteiger charge is -2.10. The molecule has 1 heterocycles. The van der Waals surface area contributed by atoms with Crippen LogP contribution in [0.3, 0.4) is 0 Å². The summed E-state index contributed by atoms with van der Waals surface area (Å²) in [6.45, 7) is 3.07. The van der Waals surface area contributed by atoms with Crippen LogP contribution in [0.25, 0.3) is 11.0 Å². The number of carbonyl (C=O) groups is 1. The van der Waals surface area contributed by atoms with Gasteiger partial charge < -0.3 is 19.0 Å². The van der Waals surface area contributed by atoms with E-state index in [9.17, 15) is 14.7 Å².